The second kappa shape index (κ2) is 15.4. The summed E-state index contributed by atoms with van der Waals surface area (Å²) in [4.78, 5) is 10.2. The fourth-order valence-electron chi connectivity index (χ4n) is 1.85. The highest BCUT2D eigenvalue weighted by Crippen LogP contribution is 2.05. The Kier molecular flexibility index (Phi) is 15.0. The molecule has 0 aliphatic heterocycles. The van der Waals surface area contributed by atoms with Crippen molar-refractivity contribution in [2.75, 3.05) is 26.3 Å². The van der Waals surface area contributed by atoms with Crippen molar-refractivity contribution >= 4 is 5.97 Å². The SMILES string of the molecule is CCCCNCCCCCCCCOCCC(=O)O. The van der Waals surface area contributed by atoms with Crippen LogP contribution in [0.5, 0.6) is 0 Å². The van der Waals surface area contributed by atoms with Gasteiger partial charge in [-0.25, -0.2) is 0 Å². The van der Waals surface area contributed by atoms with Crippen molar-refractivity contribution < 1.29 is 14.6 Å². The van der Waals surface area contributed by atoms with E-state index in [0.717, 1.165) is 19.5 Å². The lowest BCUT2D eigenvalue weighted by Crippen LogP contribution is -2.16. The van der Waals surface area contributed by atoms with E-state index in [4.69, 9.17) is 9.84 Å². The Morgan fingerprint density at radius 1 is 0.947 bits per heavy atom. The minimum atomic E-state index is -0.785. The third kappa shape index (κ3) is 17.4. The van der Waals surface area contributed by atoms with E-state index in [1.165, 1.54) is 44.9 Å². The zero-order valence-electron chi connectivity index (χ0n) is 12.5. The monoisotopic (exact) mass is 273 g/mol. The molecule has 0 bridgehead atoms. The first kappa shape index (κ1) is 18.4. The van der Waals surface area contributed by atoms with Gasteiger partial charge < -0.3 is 15.2 Å². The van der Waals surface area contributed by atoms with Gasteiger partial charge in [0.25, 0.3) is 0 Å². The molecule has 0 saturated carbocycles. The van der Waals surface area contributed by atoms with E-state index in [-0.39, 0.29) is 6.42 Å². The molecule has 0 aliphatic rings. The highest BCUT2D eigenvalue weighted by molar-refractivity contribution is 5.66. The summed E-state index contributed by atoms with van der Waals surface area (Å²) in [5.74, 6) is -0.785. The number of aliphatic carboxylic acids is 1. The van der Waals surface area contributed by atoms with Crippen molar-refractivity contribution in [2.45, 2.75) is 64.7 Å². The zero-order chi connectivity index (χ0) is 14.2. The molecule has 114 valence electrons. The molecule has 19 heavy (non-hydrogen) atoms. The Morgan fingerprint density at radius 2 is 1.58 bits per heavy atom. The lowest BCUT2D eigenvalue weighted by molar-refractivity contribution is -0.138. The molecule has 0 aromatic carbocycles. The molecule has 4 nitrogen and oxygen atoms in total. The zero-order valence-corrected chi connectivity index (χ0v) is 12.5. The van der Waals surface area contributed by atoms with Crippen LogP contribution in [0, 0.1) is 0 Å². The molecule has 0 atom stereocenters. The van der Waals surface area contributed by atoms with Crippen molar-refractivity contribution in [3.05, 3.63) is 0 Å². The Bertz CT molecular complexity index is 198. The number of carboxylic acid groups (broad SMARTS) is 1. The van der Waals surface area contributed by atoms with E-state index < -0.39 is 5.97 Å². The first-order valence-electron chi connectivity index (χ1n) is 7.77. The average molecular weight is 273 g/mol. The maximum atomic E-state index is 10.2. The highest BCUT2D eigenvalue weighted by atomic mass is 16.5. The van der Waals surface area contributed by atoms with Crippen LogP contribution in [0.3, 0.4) is 0 Å². The second-order valence-corrected chi connectivity index (χ2v) is 4.98. The lowest BCUT2D eigenvalue weighted by Gasteiger charge is -2.04. The predicted octanol–water partition coefficient (Wildman–Crippen LogP) is 3.21. The minimum absolute atomic E-state index is 0.116. The minimum Gasteiger partial charge on any atom is -0.481 e. The van der Waals surface area contributed by atoms with Gasteiger partial charge in [0.1, 0.15) is 0 Å². The lowest BCUT2D eigenvalue weighted by atomic mass is 10.1. The molecule has 0 radical (unpaired) electrons. The molecule has 2 N–H and O–H groups in total. The number of hydrogen-bond donors (Lipinski definition) is 2. The largest absolute Gasteiger partial charge is 0.481 e. The normalized spacial score (nSPS) is 10.8. The van der Waals surface area contributed by atoms with E-state index in [1.807, 2.05) is 0 Å². The molecule has 0 rings (SSSR count). The summed E-state index contributed by atoms with van der Waals surface area (Å²) in [5, 5.41) is 11.9. The van der Waals surface area contributed by atoms with Crippen LogP contribution in [0.25, 0.3) is 0 Å². The van der Waals surface area contributed by atoms with E-state index in [2.05, 4.69) is 12.2 Å². The van der Waals surface area contributed by atoms with E-state index >= 15 is 0 Å². The molecule has 0 aliphatic carbocycles. The van der Waals surface area contributed by atoms with Gasteiger partial charge in [0, 0.05) is 6.61 Å². The maximum absolute atomic E-state index is 10.2. The van der Waals surface area contributed by atoms with Gasteiger partial charge in [0.05, 0.1) is 13.0 Å². The van der Waals surface area contributed by atoms with Gasteiger partial charge in [-0.1, -0.05) is 39.0 Å². The van der Waals surface area contributed by atoms with Gasteiger partial charge in [-0.05, 0) is 32.4 Å². The van der Waals surface area contributed by atoms with E-state index in [1.54, 1.807) is 0 Å². The molecule has 0 spiro atoms. The van der Waals surface area contributed by atoms with Gasteiger partial charge in [0.15, 0.2) is 0 Å². The van der Waals surface area contributed by atoms with Crippen LogP contribution in [0.4, 0.5) is 0 Å². The fourth-order valence-corrected chi connectivity index (χ4v) is 1.85. The van der Waals surface area contributed by atoms with Crippen molar-refractivity contribution in [1.29, 1.82) is 0 Å². The number of ether oxygens (including phenoxy) is 1. The molecule has 0 amide bonds. The molecule has 0 fully saturated rings. The number of rotatable bonds is 15. The summed E-state index contributed by atoms with van der Waals surface area (Å²) in [6, 6.07) is 0. The summed E-state index contributed by atoms with van der Waals surface area (Å²) in [6.07, 6.45) is 10.0. The third-order valence-corrected chi connectivity index (χ3v) is 3.06. The quantitative estimate of drug-likeness (QED) is 0.450. The molecular formula is C15H31NO3. The Balaban J connectivity index is 2.93. The third-order valence-electron chi connectivity index (χ3n) is 3.06. The van der Waals surface area contributed by atoms with Crippen LogP contribution >= 0.6 is 0 Å². The van der Waals surface area contributed by atoms with E-state index in [0.29, 0.717) is 13.2 Å². The maximum Gasteiger partial charge on any atom is 0.305 e. The predicted molar refractivity (Wildman–Crippen MR) is 78.6 cm³/mol. The molecule has 0 aromatic heterocycles. The summed E-state index contributed by atoms with van der Waals surface area (Å²) in [5.41, 5.74) is 0. The number of hydrogen-bond acceptors (Lipinski definition) is 3. The standard InChI is InChI=1S/C15H31NO3/c1-2-3-11-16-12-8-6-4-5-7-9-13-19-14-10-15(17)18/h16H,2-14H2,1H3,(H,17,18). The molecule has 4 heteroatoms. The van der Waals surface area contributed by atoms with Crippen molar-refractivity contribution in [1.82, 2.24) is 5.32 Å². The van der Waals surface area contributed by atoms with Crippen LogP contribution in [-0.2, 0) is 9.53 Å². The Morgan fingerprint density at radius 3 is 2.26 bits per heavy atom. The van der Waals surface area contributed by atoms with Gasteiger partial charge >= 0.3 is 5.97 Å². The molecule has 0 unspecified atom stereocenters. The first-order chi connectivity index (χ1) is 9.27. The summed E-state index contributed by atoms with van der Waals surface area (Å²) >= 11 is 0. The number of carbonyl (C=O) groups is 1. The van der Waals surface area contributed by atoms with Gasteiger partial charge in [-0.15, -0.1) is 0 Å². The van der Waals surface area contributed by atoms with Crippen LogP contribution in [0.1, 0.15) is 64.7 Å². The van der Waals surface area contributed by atoms with Gasteiger partial charge in [-0.2, -0.15) is 0 Å². The average Bonchev–Trinajstić information content (AvgIpc) is 2.39. The van der Waals surface area contributed by atoms with Gasteiger partial charge in [0.2, 0.25) is 0 Å². The Hall–Kier alpha value is -0.610. The molecule has 0 aromatic rings. The number of unbranched alkanes of at least 4 members (excludes halogenated alkanes) is 6. The topological polar surface area (TPSA) is 58.6 Å². The molecular weight excluding hydrogens is 242 g/mol. The summed E-state index contributed by atoms with van der Waals surface area (Å²) in [6.45, 7) is 5.57. The van der Waals surface area contributed by atoms with Crippen LogP contribution in [-0.4, -0.2) is 37.4 Å². The fraction of sp³-hybridized carbons (Fsp3) is 0.933. The van der Waals surface area contributed by atoms with Crippen LogP contribution in [0.2, 0.25) is 0 Å². The summed E-state index contributed by atoms with van der Waals surface area (Å²) < 4.78 is 5.24. The smallest absolute Gasteiger partial charge is 0.305 e. The molecule has 0 saturated heterocycles. The number of nitrogens with one attached hydrogen (secondary N) is 1. The highest BCUT2D eigenvalue weighted by Gasteiger charge is 1.96. The first-order valence-corrected chi connectivity index (χ1v) is 7.77. The number of carboxylic acids is 1. The van der Waals surface area contributed by atoms with Gasteiger partial charge in [-0.3, -0.25) is 4.79 Å². The van der Waals surface area contributed by atoms with Crippen molar-refractivity contribution in [2.24, 2.45) is 0 Å². The van der Waals surface area contributed by atoms with E-state index in [9.17, 15) is 4.79 Å². The Labute approximate surface area is 117 Å². The van der Waals surface area contributed by atoms with Crippen molar-refractivity contribution in [3.8, 4) is 0 Å². The van der Waals surface area contributed by atoms with Crippen molar-refractivity contribution in [3.63, 3.8) is 0 Å². The molecule has 0 heterocycles. The van der Waals surface area contributed by atoms with Crippen LogP contribution < -0.4 is 5.32 Å². The second-order valence-electron chi connectivity index (χ2n) is 4.98. The van der Waals surface area contributed by atoms with Crippen LogP contribution in [0.15, 0.2) is 0 Å². The summed E-state index contributed by atoms with van der Waals surface area (Å²) in [7, 11) is 0.